The molecule has 3 aliphatic rings. The molecule has 0 unspecified atom stereocenters. The molecule has 204 valence electrons. The number of carbonyl (C=O) groups is 4. The zero-order chi connectivity index (χ0) is 28.4. The Morgan fingerprint density at radius 1 is 0.634 bits per heavy atom. The van der Waals surface area contributed by atoms with E-state index >= 15 is 0 Å². The van der Waals surface area contributed by atoms with Gasteiger partial charge in [-0.2, -0.15) is 0 Å². The SMILES string of the molecule is CC(C)Oc1cccc(N2C(=O)c3ccc4c5c(ccc(c35)C2=O)C(=O)N(c2ccc(C3CCCC3)cc2)C4=O)c1. The molecular weight excluding hydrogens is 516 g/mol. The Hall–Kier alpha value is -4.78. The summed E-state index contributed by atoms with van der Waals surface area (Å²) in [5.41, 5.74) is 3.24. The van der Waals surface area contributed by atoms with Gasteiger partial charge in [-0.25, -0.2) is 9.80 Å². The zero-order valence-electron chi connectivity index (χ0n) is 22.8. The summed E-state index contributed by atoms with van der Waals surface area (Å²) in [4.78, 5) is 57.4. The summed E-state index contributed by atoms with van der Waals surface area (Å²) in [6.45, 7) is 3.80. The molecule has 0 N–H and O–H groups in total. The van der Waals surface area contributed by atoms with E-state index in [0.717, 1.165) is 17.7 Å². The number of ether oxygens (including phenoxy) is 1. The predicted octanol–water partition coefficient (Wildman–Crippen LogP) is 6.89. The van der Waals surface area contributed by atoms with Gasteiger partial charge in [0, 0.05) is 39.1 Å². The first-order valence-corrected chi connectivity index (χ1v) is 14.1. The summed E-state index contributed by atoms with van der Waals surface area (Å²) < 4.78 is 5.77. The highest BCUT2D eigenvalue weighted by Gasteiger charge is 2.40. The number of amides is 4. The second-order valence-corrected chi connectivity index (χ2v) is 11.2. The van der Waals surface area contributed by atoms with Gasteiger partial charge in [-0.15, -0.1) is 0 Å². The van der Waals surface area contributed by atoms with Crippen molar-refractivity contribution in [2.75, 3.05) is 9.80 Å². The first-order valence-electron chi connectivity index (χ1n) is 14.1. The Kier molecular flexibility index (Phi) is 5.78. The van der Waals surface area contributed by atoms with Crippen LogP contribution in [0.4, 0.5) is 11.4 Å². The van der Waals surface area contributed by atoms with Crippen LogP contribution < -0.4 is 14.5 Å². The molecule has 4 amide bonds. The Labute approximate surface area is 237 Å². The molecule has 1 fully saturated rings. The number of hydrogen-bond donors (Lipinski definition) is 0. The van der Waals surface area contributed by atoms with E-state index in [1.165, 1.54) is 23.3 Å². The maximum Gasteiger partial charge on any atom is 0.265 e. The van der Waals surface area contributed by atoms with Crippen LogP contribution in [0.1, 0.15) is 92.4 Å². The van der Waals surface area contributed by atoms with Gasteiger partial charge in [-0.3, -0.25) is 19.2 Å². The van der Waals surface area contributed by atoms with Gasteiger partial charge in [0.25, 0.3) is 23.6 Å². The number of benzene rings is 4. The third-order valence-electron chi connectivity index (χ3n) is 8.32. The summed E-state index contributed by atoms with van der Waals surface area (Å²) in [5, 5.41) is 0.700. The summed E-state index contributed by atoms with van der Waals surface area (Å²) in [6, 6.07) is 20.9. The van der Waals surface area contributed by atoms with Crippen molar-refractivity contribution in [3.05, 3.63) is 101 Å². The Bertz CT molecular complexity index is 1710. The Morgan fingerprint density at radius 2 is 1.12 bits per heavy atom. The minimum atomic E-state index is -0.516. The van der Waals surface area contributed by atoms with Crippen molar-refractivity contribution in [2.45, 2.75) is 51.6 Å². The molecule has 7 heteroatoms. The smallest absolute Gasteiger partial charge is 0.265 e. The van der Waals surface area contributed by atoms with E-state index in [9.17, 15) is 19.2 Å². The molecule has 0 aromatic heterocycles. The summed E-state index contributed by atoms with van der Waals surface area (Å²) in [5.74, 6) is -0.910. The number of nitrogens with zero attached hydrogens (tertiary/aromatic N) is 2. The van der Waals surface area contributed by atoms with Crippen LogP contribution in [0.2, 0.25) is 0 Å². The molecule has 0 spiro atoms. The highest BCUT2D eigenvalue weighted by Crippen LogP contribution is 2.41. The first kappa shape index (κ1) is 25.2. The van der Waals surface area contributed by atoms with Crippen LogP contribution in [0.25, 0.3) is 10.8 Å². The van der Waals surface area contributed by atoms with Gasteiger partial charge in [0.05, 0.1) is 17.5 Å². The lowest BCUT2D eigenvalue weighted by Crippen LogP contribution is -2.43. The fourth-order valence-electron chi connectivity index (χ4n) is 6.47. The molecule has 1 aliphatic carbocycles. The van der Waals surface area contributed by atoms with Gasteiger partial charge in [-0.05, 0) is 86.7 Å². The fraction of sp³-hybridized carbons (Fsp3) is 0.235. The number of hydrogen-bond acceptors (Lipinski definition) is 5. The fourth-order valence-corrected chi connectivity index (χ4v) is 6.47. The molecule has 7 rings (SSSR count). The van der Waals surface area contributed by atoms with Crippen molar-refractivity contribution < 1.29 is 23.9 Å². The van der Waals surface area contributed by atoms with Crippen molar-refractivity contribution in [1.29, 1.82) is 0 Å². The molecule has 0 bridgehead atoms. The summed E-state index contributed by atoms with van der Waals surface area (Å²) >= 11 is 0. The minimum Gasteiger partial charge on any atom is -0.491 e. The normalized spacial score (nSPS) is 16.9. The number of rotatable bonds is 5. The van der Waals surface area contributed by atoms with Gasteiger partial charge in [0.2, 0.25) is 0 Å². The van der Waals surface area contributed by atoms with Crippen molar-refractivity contribution >= 4 is 45.8 Å². The molecule has 2 aliphatic heterocycles. The molecule has 7 nitrogen and oxygen atoms in total. The zero-order valence-corrected chi connectivity index (χ0v) is 22.8. The molecule has 0 saturated heterocycles. The van der Waals surface area contributed by atoms with Gasteiger partial charge in [-0.1, -0.05) is 31.0 Å². The summed E-state index contributed by atoms with van der Waals surface area (Å²) in [6.07, 6.45) is 4.69. The minimum absolute atomic E-state index is 0.0743. The highest BCUT2D eigenvalue weighted by atomic mass is 16.5. The van der Waals surface area contributed by atoms with Crippen LogP contribution in [-0.2, 0) is 0 Å². The number of imide groups is 2. The Morgan fingerprint density at radius 3 is 1.61 bits per heavy atom. The van der Waals surface area contributed by atoms with Crippen molar-refractivity contribution in [3.8, 4) is 5.75 Å². The number of carbonyl (C=O) groups excluding carboxylic acids is 4. The van der Waals surface area contributed by atoms with Crippen molar-refractivity contribution in [3.63, 3.8) is 0 Å². The van der Waals surface area contributed by atoms with Crippen LogP contribution in [0.15, 0.2) is 72.8 Å². The quantitative estimate of drug-likeness (QED) is 0.256. The average Bonchev–Trinajstić information content (AvgIpc) is 3.50. The second-order valence-electron chi connectivity index (χ2n) is 11.2. The topological polar surface area (TPSA) is 84.0 Å². The molecule has 4 aromatic carbocycles. The largest absolute Gasteiger partial charge is 0.491 e. The van der Waals surface area contributed by atoms with Crippen LogP contribution in [0, 0.1) is 0 Å². The van der Waals surface area contributed by atoms with E-state index in [-0.39, 0.29) is 17.2 Å². The van der Waals surface area contributed by atoms with Gasteiger partial charge < -0.3 is 4.74 Å². The van der Waals surface area contributed by atoms with Crippen LogP contribution in [0.3, 0.4) is 0 Å². The van der Waals surface area contributed by atoms with E-state index < -0.39 is 23.6 Å². The Balaban J connectivity index is 1.29. The first-order chi connectivity index (χ1) is 19.8. The van der Waals surface area contributed by atoms with Crippen LogP contribution in [0.5, 0.6) is 5.75 Å². The molecule has 0 atom stereocenters. The van der Waals surface area contributed by atoms with E-state index in [1.807, 2.05) is 38.1 Å². The van der Waals surface area contributed by atoms with Gasteiger partial charge in [0.15, 0.2) is 0 Å². The molecule has 41 heavy (non-hydrogen) atoms. The van der Waals surface area contributed by atoms with E-state index in [1.54, 1.807) is 48.5 Å². The summed E-state index contributed by atoms with van der Waals surface area (Å²) in [7, 11) is 0. The van der Waals surface area contributed by atoms with E-state index in [0.29, 0.717) is 44.9 Å². The molecular formula is C34H28N2O5. The monoisotopic (exact) mass is 544 g/mol. The third kappa shape index (κ3) is 3.87. The van der Waals surface area contributed by atoms with Crippen LogP contribution >= 0.6 is 0 Å². The van der Waals surface area contributed by atoms with Crippen molar-refractivity contribution in [2.24, 2.45) is 0 Å². The lowest BCUT2D eigenvalue weighted by molar-refractivity contribution is 0.0873. The lowest BCUT2D eigenvalue weighted by Gasteiger charge is -2.32. The molecule has 0 radical (unpaired) electrons. The van der Waals surface area contributed by atoms with Crippen molar-refractivity contribution in [1.82, 2.24) is 0 Å². The standard InChI is InChI=1S/C34H28N2O5/c1-19(2)41-24-9-5-8-23(18-24)36-33(39)27-16-14-25-29-26(15-17-28(30(27)29)34(36)40)32(38)35(31(25)37)22-12-10-21(11-13-22)20-6-3-4-7-20/h5,8-20H,3-4,6-7H2,1-2H3. The van der Waals surface area contributed by atoms with Gasteiger partial charge in [0.1, 0.15) is 5.75 Å². The predicted molar refractivity (Wildman–Crippen MR) is 156 cm³/mol. The van der Waals surface area contributed by atoms with E-state index in [2.05, 4.69) is 0 Å². The van der Waals surface area contributed by atoms with Crippen LogP contribution in [-0.4, -0.2) is 29.7 Å². The highest BCUT2D eigenvalue weighted by molar-refractivity contribution is 6.42. The van der Waals surface area contributed by atoms with Gasteiger partial charge >= 0.3 is 0 Å². The maximum atomic E-state index is 13.8. The molecule has 1 saturated carbocycles. The third-order valence-corrected chi connectivity index (χ3v) is 8.32. The maximum absolute atomic E-state index is 13.8. The molecule has 2 heterocycles. The second kappa shape index (κ2) is 9.41. The average molecular weight is 545 g/mol. The molecule has 4 aromatic rings. The van der Waals surface area contributed by atoms with E-state index in [4.69, 9.17) is 4.74 Å². The number of anilines is 2. The lowest BCUT2D eigenvalue weighted by atomic mass is 9.85.